The number of guanidine groups is 1. The van der Waals surface area contributed by atoms with Crippen LogP contribution < -0.4 is 25.4 Å². The molecule has 0 atom stereocenters. The standard InChI is InChI=1S/C20H29N5O2.HI/c1-5-25(6-2)19-10-8-16(13-22-19)14-24-20(21)23-12-15-7-9-17(26-3)18(11-15)27-4;/h7-11,13H,5-6,12,14H2,1-4H3,(H3,21,23,24);1H. The number of hydrogen-bond acceptors (Lipinski definition) is 5. The number of pyridine rings is 1. The van der Waals surface area contributed by atoms with Crippen molar-refractivity contribution in [1.82, 2.24) is 10.3 Å². The second kappa shape index (κ2) is 12.3. The van der Waals surface area contributed by atoms with Crippen molar-refractivity contribution in [3.05, 3.63) is 47.7 Å². The fourth-order valence-electron chi connectivity index (χ4n) is 2.66. The Morgan fingerprint density at radius 2 is 1.75 bits per heavy atom. The Bertz CT molecular complexity index is 749. The van der Waals surface area contributed by atoms with Crippen LogP contribution in [-0.4, -0.2) is 38.3 Å². The van der Waals surface area contributed by atoms with E-state index in [4.69, 9.17) is 15.2 Å². The van der Waals surface area contributed by atoms with E-state index in [1.165, 1.54) is 0 Å². The Kier molecular flexibility index (Phi) is 10.4. The third-order valence-electron chi connectivity index (χ3n) is 4.25. The number of benzene rings is 1. The molecular formula is C20H30IN5O2. The lowest BCUT2D eigenvalue weighted by molar-refractivity contribution is 0.354. The third kappa shape index (κ3) is 6.74. The average molecular weight is 499 g/mol. The molecule has 7 nitrogen and oxygen atoms in total. The number of hydrogen-bond donors (Lipinski definition) is 2. The van der Waals surface area contributed by atoms with Crippen molar-refractivity contribution in [2.75, 3.05) is 32.2 Å². The highest BCUT2D eigenvalue weighted by atomic mass is 127. The van der Waals surface area contributed by atoms with E-state index in [0.29, 0.717) is 30.5 Å². The van der Waals surface area contributed by atoms with Gasteiger partial charge in [0.2, 0.25) is 0 Å². The molecule has 1 heterocycles. The van der Waals surface area contributed by atoms with E-state index in [-0.39, 0.29) is 24.0 Å². The second-order valence-corrected chi connectivity index (χ2v) is 5.94. The Morgan fingerprint density at radius 1 is 1.07 bits per heavy atom. The number of nitrogens with zero attached hydrogens (tertiary/aromatic N) is 3. The minimum Gasteiger partial charge on any atom is -0.493 e. The fourth-order valence-corrected chi connectivity index (χ4v) is 2.66. The summed E-state index contributed by atoms with van der Waals surface area (Å²) in [6.07, 6.45) is 1.85. The molecule has 0 saturated heterocycles. The summed E-state index contributed by atoms with van der Waals surface area (Å²) in [6.45, 7) is 7.15. The normalized spacial score (nSPS) is 10.8. The van der Waals surface area contributed by atoms with Gasteiger partial charge in [0.25, 0.3) is 0 Å². The number of aromatic nitrogens is 1. The van der Waals surface area contributed by atoms with E-state index in [1.807, 2.05) is 36.5 Å². The molecule has 0 aliphatic carbocycles. The highest BCUT2D eigenvalue weighted by Gasteiger charge is 2.05. The Hall–Kier alpha value is -2.23. The number of nitrogens with two attached hydrogens (primary N) is 1. The lowest BCUT2D eigenvalue weighted by Crippen LogP contribution is -2.31. The predicted octanol–water partition coefficient (Wildman–Crippen LogP) is 3.17. The number of aliphatic imine (C=N–C) groups is 1. The topological polar surface area (TPSA) is 85.0 Å². The van der Waals surface area contributed by atoms with Crippen molar-refractivity contribution >= 4 is 35.8 Å². The van der Waals surface area contributed by atoms with E-state index in [1.54, 1.807) is 14.2 Å². The van der Waals surface area contributed by atoms with Gasteiger partial charge in [0.15, 0.2) is 17.5 Å². The molecule has 0 bridgehead atoms. The Labute approximate surface area is 184 Å². The van der Waals surface area contributed by atoms with Crippen LogP contribution >= 0.6 is 24.0 Å². The third-order valence-corrected chi connectivity index (χ3v) is 4.25. The number of rotatable bonds is 9. The van der Waals surface area contributed by atoms with Gasteiger partial charge in [-0.1, -0.05) is 12.1 Å². The number of nitrogens with one attached hydrogen (secondary N) is 1. The molecule has 0 unspecified atom stereocenters. The van der Waals surface area contributed by atoms with Crippen LogP contribution in [0, 0.1) is 0 Å². The maximum atomic E-state index is 5.97. The van der Waals surface area contributed by atoms with Gasteiger partial charge in [-0.25, -0.2) is 9.98 Å². The smallest absolute Gasteiger partial charge is 0.189 e. The van der Waals surface area contributed by atoms with Crippen LogP contribution in [0.15, 0.2) is 41.5 Å². The summed E-state index contributed by atoms with van der Waals surface area (Å²) in [6, 6.07) is 9.79. The van der Waals surface area contributed by atoms with Crippen LogP contribution in [0.5, 0.6) is 11.5 Å². The van der Waals surface area contributed by atoms with Crippen molar-refractivity contribution in [2.24, 2.45) is 10.7 Å². The summed E-state index contributed by atoms with van der Waals surface area (Å²) >= 11 is 0. The predicted molar refractivity (Wildman–Crippen MR) is 125 cm³/mol. The molecule has 0 saturated carbocycles. The fraction of sp³-hybridized carbons (Fsp3) is 0.400. The van der Waals surface area contributed by atoms with E-state index < -0.39 is 0 Å². The van der Waals surface area contributed by atoms with Gasteiger partial charge >= 0.3 is 0 Å². The molecule has 0 radical (unpaired) electrons. The summed E-state index contributed by atoms with van der Waals surface area (Å²) in [5.74, 6) is 2.75. The molecule has 1 aromatic heterocycles. The maximum absolute atomic E-state index is 5.97. The Morgan fingerprint density at radius 3 is 2.32 bits per heavy atom. The van der Waals surface area contributed by atoms with Crippen LogP contribution in [0.25, 0.3) is 0 Å². The molecule has 2 rings (SSSR count). The molecule has 3 N–H and O–H groups in total. The molecule has 154 valence electrons. The van der Waals surface area contributed by atoms with Crippen LogP contribution in [-0.2, 0) is 13.1 Å². The van der Waals surface area contributed by atoms with E-state index in [9.17, 15) is 0 Å². The van der Waals surface area contributed by atoms with E-state index >= 15 is 0 Å². The van der Waals surface area contributed by atoms with Gasteiger partial charge in [0.1, 0.15) is 5.82 Å². The average Bonchev–Trinajstić information content (AvgIpc) is 2.72. The van der Waals surface area contributed by atoms with Crippen molar-refractivity contribution < 1.29 is 9.47 Å². The molecular weight excluding hydrogens is 469 g/mol. The molecule has 0 aliphatic rings. The van der Waals surface area contributed by atoms with Gasteiger partial charge in [-0.05, 0) is 43.2 Å². The molecule has 28 heavy (non-hydrogen) atoms. The summed E-state index contributed by atoms with van der Waals surface area (Å²) in [5, 5.41) is 3.11. The molecule has 0 aliphatic heterocycles. The zero-order chi connectivity index (χ0) is 19.6. The van der Waals surface area contributed by atoms with Gasteiger partial charge < -0.3 is 25.4 Å². The minimum atomic E-state index is 0. The van der Waals surface area contributed by atoms with Crippen LogP contribution in [0.1, 0.15) is 25.0 Å². The molecule has 8 heteroatoms. The quantitative estimate of drug-likeness (QED) is 0.313. The van der Waals surface area contributed by atoms with Crippen LogP contribution in [0.3, 0.4) is 0 Å². The van der Waals surface area contributed by atoms with Gasteiger partial charge in [-0.3, -0.25) is 0 Å². The van der Waals surface area contributed by atoms with Crippen LogP contribution in [0.4, 0.5) is 5.82 Å². The second-order valence-electron chi connectivity index (χ2n) is 5.94. The highest BCUT2D eigenvalue weighted by Crippen LogP contribution is 2.27. The monoisotopic (exact) mass is 499 g/mol. The summed E-state index contributed by atoms with van der Waals surface area (Å²) in [4.78, 5) is 11.1. The molecule has 0 spiro atoms. The van der Waals surface area contributed by atoms with Gasteiger partial charge in [0.05, 0.1) is 20.8 Å². The first-order valence-corrected chi connectivity index (χ1v) is 9.05. The SMILES string of the molecule is CCN(CC)c1ccc(CN=C(N)NCc2ccc(OC)c(OC)c2)cn1.I. The molecule has 0 fully saturated rings. The molecule has 1 aromatic carbocycles. The molecule has 0 amide bonds. The minimum absolute atomic E-state index is 0. The van der Waals surface area contributed by atoms with Crippen molar-refractivity contribution in [3.8, 4) is 11.5 Å². The number of halogens is 1. The Balaban J connectivity index is 0.00000392. The first kappa shape index (κ1) is 23.8. The zero-order valence-corrected chi connectivity index (χ0v) is 19.3. The highest BCUT2D eigenvalue weighted by molar-refractivity contribution is 14.0. The summed E-state index contributed by atoms with van der Waals surface area (Å²) < 4.78 is 10.5. The van der Waals surface area contributed by atoms with Gasteiger partial charge in [-0.2, -0.15) is 0 Å². The first-order valence-electron chi connectivity index (χ1n) is 9.05. The molecule has 2 aromatic rings. The zero-order valence-electron chi connectivity index (χ0n) is 16.9. The van der Waals surface area contributed by atoms with E-state index in [2.05, 4.69) is 34.0 Å². The lowest BCUT2D eigenvalue weighted by atomic mass is 10.2. The van der Waals surface area contributed by atoms with E-state index in [0.717, 1.165) is 30.0 Å². The number of methoxy groups -OCH3 is 2. The van der Waals surface area contributed by atoms with Crippen LogP contribution in [0.2, 0.25) is 0 Å². The van der Waals surface area contributed by atoms with Gasteiger partial charge in [0, 0.05) is 25.8 Å². The lowest BCUT2D eigenvalue weighted by Gasteiger charge is -2.19. The first-order chi connectivity index (χ1) is 13.1. The van der Waals surface area contributed by atoms with Crippen molar-refractivity contribution in [2.45, 2.75) is 26.9 Å². The number of anilines is 1. The maximum Gasteiger partial charge on any atom is 0.189 e. The van der Waals surface area contributed by atoms with Crippen molar-refractivity contribution in [1.29, 1.82) is 0 Å². The number of ether oxygens (including phenoxy) is 2. The summed E-state index contributed by atoms with van der Waals surface area (Å²) in [5.41, 5.74) is 8.01. The van der Waals surface area contributed by atoms with Gasteiger partial charge in [-0.15, -0.1) is 24.0 Å². The largest absolute Gasteiger partial charge is 0.493 e. The van der Waals surface area contributed by atoms with Crippen molar-refractivity contribution in [3.63, 3.8) is 0 Å². The summed E-state index contributed by atoms with van der Waals surface area (Å²) in [7, 11) is 3.23.